The van der Waals surface area contributed by atoms with Gasteiger partial charge in [-0.25, -0.2) is 0 Å². The zero-order valence-corrected chi connectivity index (χ0v) is 6.61. The van der Waals surface area contributed by atoms with Crippen LogP contribution in [0.3, 0.4) is 0 Å². The summed E-state index contributed by atoms with van der Waals surface area (Å²) in [6, 6.07) is 0.771. The number of rotatable bonds is 1. The summed E-state index contributed by atoms with van der Waals surface area (Å²) in [5.74, 6) is 0. The van der Waals surface area contributed by atoms with Crippen molar-refractivity contribution in [3.63, 3.8) is 0 Å². The van der Waals surface area contributed by atoms with E-state index in [0.29, 0.717) is 5.54 Å². The number of hydrogen-bond donors (Lipinski definition) is 2. The largest absolute Gasteiger partial charge is 0.315 e. The van der Waals surface area contributed by atoms with E-state index in [1.165, 1.54) is 32.2 Å². The fraction of sp³-hybridized carbons (Fsp3) is 1.00. The first-order chi connectivity index (χ1) is 4.87. The summed E-state index contributed by atoms with van der Waals surface area (Å²) in [6.07, 6.45) is 5.53. The molecule has 1 saturated carbocycles. The molecular formula is C8H16N2. The normalized spacial score (nSPS) is 45.9. The minimum atomic E-state index is 0.535. The van der Waals surface area contributed by atoms with Crippen LogP contribution in [0.1, 0.15) is 25.7 Å². The number of likely N-dealkylation sites (N-methyl/N-ethyl adjacent to an activating group) is 1. The minimum absolute atomic E-state index is 0.535. The lowest BCUT2D eigenvalue weighted by molar-refractivity contribution is 0.366. The van der Waals surface area contributed by atoms with Gasteiger partial charge in [0.05, 0.1) is 0 Å². The van der Waals surface area contributed by atoms with Gasteiger partial charge in [0.2, 0.25) is 0 Å². The van der Waals surface area contributed by atoms with E-state index >= 15 is 0 Å². The van der Waals surface area contributed by atoms with Crippen LogP contribution in [-0.4, -0.2) is 25.2 Å². The second kappa shape index (κ2) is 2.21. The molecule has 2 atom stereocenters. The van der Waals surface area contributed by atoms with E-state index in [1.807, 2.05) is 0 Å². The van der Waals surface area contributed by atoms with Crippen LogP contribution in [0.25, 0.3) is 0 Å². The molecule has 0 amide bonds. The van der Waals surface area contributed by atoms with Crippen molar-refractivity contribution in [2.75, 3.05) is 13.6 Å². The monoisotopic (exact) mass is 140 g/mol. The Bertz CT molecular complexity index is 127. The van der Waals surface area contributed by atoms with Gasteiger partial charge in [-0.2, -0.15) is 0 Å². The number of piperidine rings is 1. The van der Waals surface area contributed by atoms with E-state index in [-0.39, 0.29) is 0 Å². The highest BCUT2D eigenvalue weighted by molar-refractivity contribution is 5.15. The maximum Gasteiger partial charge on any atom is 0.0351 e. The third kappa shape index (κ3) is 0.867. The van der Waals surface area contributed by atoms with Crippen molar-refractivity contribution in [3.05, 3.63) is 0 Å². The summed E-state index contributed by atoms with van der Waals surface area (Å²) in [6.45, 7) is 1.23. The summed E-state index contributed by atoms with van der Waals surface area (Å²) >= 11 is 0. The van der Waals surface area contributed by atoms with Crippen molar-refractivity contribution in [1.82, 2.24) is 10.6 Å². The highest BCUT2D eigenvalue weighted by atomic mass is 15.1. The van der Waals surface area contributed by atoms with E-state index < -0.39 is 0 Å². The van der Waals surface area contributed by atoms with Gasteiger partial charge < -0.3 is 10.6 Å². The van der Waals surface area contributed by atoms with Gasteiger partial charge in [-0.15, -0.1) is 0 Å². The molecular weight excluding hydrogens is 124 g/mol. The Hall–Kier alpha value is -0.0800. The summed E-state index contributed by atoms with van der Waals surface area (Å²) in [5, 5.41) is 6.94. The predicted octanol–water partition coefficient (Wildman–Crippen LogP) is 0.490. The fourth-order valence-electron chi connectivity index (χ4n) is 2.15. The van der Waals surface area contributed by atoms with Crippen LogP contribution in [0.5, 0.6) is 0 Å². The van der Waals surface area contributed by atoms with Crippen LogP contribution in [0, 0.1) is 0 Å². The molecule has 2 nitrogen and oxygen atoms in total. The maximum atomic E-state index is 3.61. The average molecular weight is 140 g/mol. The van der Waals surface area contributed by atoms with E-state index in [0.717, 1.165) is 6.04 Å². The lowest BCUT2D eigenvalue weighted by Crippen LogP contribution is -2.41. The molecule has 58 valence electrons. The summed E-state index contributed by atoms with van der Waals surface area (Å²) in [7, 11) is 2.07. The quantitative estimate of drug-likeness (QED) is 0.554. The molecule has 2 fully saturated rings. The third-order valence-electron chi connectivity index (χ3n) is 2.95. The first kappa shape index (κ1) is 6.62. The van der Waals surface area contributed by atoms with Crippen molar-refractivity contribution in [2.24, 2.45) is 0 Å². The first-order valence-corrected chi connectivity index (χ1v) is 4.30. The van der Waals surface area contributed by atoms with Gasteiger partial charge in [-0.1, -0.05) is 6.42 Å². The minimum Gasteiger partial charge on any atom is -0.315 e. The fourth-order valence-corrected chi connectivity index (χ4v) is 2.15. The van der Waals surface area contributed by atoms with Gasteiger partial charge >= 0.3 is 0 Å². The Morgan fingerprint density at radius 1 is 1.50 bits per heavy atom. The molecule has 1 aliphatic carbocycles. The van der Waals surface area contributed by atoms with Gasteiger partial charge in [-0.3, -0.25) is 0 Å². The Morgan fingerprint density at radius 2 is 2.40 bits per heavy atom. The zero-order chi connectivity index (χ0) is 7.03. The van der Waals surface area contributed by atoms with Crippen LogP contribution in [0.4, 0.5) is 0 Å². The molecule has 2 aliphatic rings. The molecule has 1 saturated heterocycles. The smallest absolute Gasteiger partial charge is 0.0351 e. The molecule has 0 radical (unpaired) electrons. The lowest BCUT2D eigenvalue weighted by Gasteiger charge is -2.24. The molecule has 0 bridgehead atoms. The van der Waals surface area contributed by atoms with Crippen molar-refractivity contribution < 1.29 is 0 Å². The highest BCUT2D eigenvalue weighted by Gasteiger charge is 2.53. The average Bonchev–Trinajstić information content (AvgIpc) is 2.65. The van der Waals surface area contributed by atoms with Gasteiger partial charge in [-0.05, 0) is 32.9 Å². The van der Waals surface area contributed by atoms with E-state index in [1.54, 1.807) is 0 Å². The van der Waals surface area contributed by atoms with Gasteiger partial charge in [0.1, 0.15) is 0 Å². The Balaban J connectivity index is 1.92. The first-order valence-electron chi connectivity index (χ1n) is 4.30. The molecule has 2 rings (SSSR count). The van der Waals surface area contributed by atoms with Crippen molar-refractivity contribution in [1.29, 1.82) is 0 Å². The summed E-state index contributed by atoms with van der Waals surface area (Å²) in [5.41, 5.74) is 0.535. The van der Waals surface area contributed by atoms with Gasteiger partial charge in [0.25, 0.3) is 0 Å². The van der Waals surface area contributed by atoms with E-state index in [9.17, 15) is 0 Å². The van der Waals surface area contributed by atoms with Crippen molar-refractivity contribution in [2.45, 2.75) is 37.3 Å². The summed E-state index contributed by atoms with van der Waals surface area (Å²) < 4.78 is 0. The Kier molecular flexibility index (Phi) is 1.46. The molecule has 2 heteroatoms. The van der Waals surface area contributed by atoms with Crippen molar-refractivity contribution >= 4 is 0 Å². The standard InChI is InChI=1S/C8H16N2/c1-9-7-6-8(7)4-2-3-5-10-8/h7,9-10H,2-6H2,1H3/t7-,8?/m0/s1. The van der Waals surface area contributed by atoms with E-state index in [4.69, 9.17) is 0 Å². The molecule has 0 aromatic rings. The van der Waals surface area contributed by atoms with Gasteiger partial charge in [0, 0.05) is 11.6 Å². The molecule has 0 aromatic heterocycles. The van der Waals surface area contributed by atoms with Crippen LogP contribution in [0.2, 0.25) is 0 Å². The molecule has 2 N–H and O–H groups in total. The highest BCUT2D eigenvalue weighted by Crippen LogP contribution is 2.41. The third-order valence-corrected chi connectivity index (χ3v) is 2.95. The predicted molar refractivity (Wildman–Crippen MR) is 42.0 cm³/mol. The van der Waals surface area contributed by atoms with Crippen LogP contribution in [-0.2, 0) is 0 Å². The molecule has 1 aliphatic heterocycles. The number of hydrogen-bond acceptors (Lipinski definition) is 2. The van der Waals surface area contributed by atoms with Crippen LogP contribution >= 0.6 is 0 Å². The molecule has 1 heterocycles. The molecule has 1 unspecified atom stereocenters. The Labute approximate surface area is 62.4 Å². The lowest BCUT2D eigenvalue weighted by atomic mass is 10.0. The summed E-state index contributed by atoms with van der Waals surface area (Å²) in [4.78, 5) is 0. The molecule has 0 aromatic carbocycles. The van der Waals surface area contributed by atoms with Gasteiger partial charge in [0.15, 0.2) is 0 Å². The van der Waals surface area contributed by atoms with Crippen LogP contribution < -0.4 is 10.6 Å². The topological polar surface area (TPSA) is 24.1 Å². The zero-order valence-electron chi connectivity index (χ0n) is 6.61. The molecule has 1 spiro atoms. The second-order valence-electron chi connectivity index (χ2n) is 3.59. The number of nitrogens with one attached hydrogen (secondary N) is 2. The SMILES string of the molecule is CN[C@H]1CC12CCCCN2. The maximum absolute atomic E-state index is 3.61. The van der Waals surface area contributed by atoms with Crippen LogP contribution in [0.15, 0.2) is 0 Å². The van der Waals surface area contributed by atoms with E-state index in [2.05, 4.69) is 17.7 Å². The Morgan fingerprint density at radius 3 is 2.90 bits per heavy atom. The van der Waals surface area contributed by atoms with Crippen molar-refractivity contribution in [3.8, 4) is 0 Å². The second-order valence-corrected chi connectivity index (χ2v) is 3.59. The molecule has 10 heavy (non-hydrogen) atoms.